The highest BCUT2D eigenvalue weighted by molar-refractivity contribution is 14.0. The van der Waals surface area contributed by atoms with E-state index < -0.39 is 0 Å². The second-order valence-electron chi connectivity index (χ2n) is 6.38. The first kappa shape index (κ1) is 20.6. The molecule has 0 saturated carbocycles. The van der Waals surface area contributed by atoms with E-state index in [0.717, 1.165) is 38.7 Å². The van der Waals surface area contributed by atoms with Gasteiger partial charge < -0.3 is 14.7 Å². The number of rotatable bonds is 4. The van der Waals surface area contributed by atoms with Crippen LogP contribution in [0.15, 0.2) is 33.8 Å². The van der Waals surface area contributed by atoms with Crippen molar-refractivity contribution in [2.45, 2.75) is 26.9 Å². The molecular formula is C18H27IN6O. The van der Waals surface area contributed by atoms with Crippen LogP contribution in [0.1, 0.15) is 22.8 Å². The van der Waals surface area contributed by atoms with Gasteiger partial charge >= 0.3 is 0 Å². The van der Waals surface area contributed by atoms with Gasteiger partial charge in [0, 0.05) is 46.7 Å². The maximum atomic E-state index is 4.99. The molecule has 3 rings (SSSR count). The van der Waals surface area contributed by atoms with Crippen molar-refractivity contribution in [3.8, 4) is 0 Å². The lowest BCUT2D eigenvalue weighted by molar-refractivity contribution is 0.172. The molecule has 0 atom stereocenters. The van der Waals surface area contributed by atoms with Gasteiger partial charge in [0.1, 0.15) is 0 Å². The maximum absolute atomic E-state index is 4.99. The Morgan fingerprint density at radius 1 is 1.23 bits per heavy atom. The van der Waals surface area contributed by atoms with E-state index in [-0.39, 0.29) is 24.0 Å². The number of guanidine groups is 1. The van der Waals surface area contributed by atoms with Gasteiger partial charge in [-0.1, -0.05) is 35.0 Å². The number of hydrogen-bond acceptors (Lipinski definition) is 5. The SMILES string of the molecule is CN=C(NCc1noc(C)n1)N1CCN(Cc2cccc(C)c2)CC1.I. The zero-order chi connectivity index (χ0) is 17.6. The van der Waals surface area contributed by atoms with Crippen molar-refractivity contribution in [3.05, 3.63) is 47.1 Å². The van der Waals surface area contributed by atoms with Crippen LogP contribution in [0.25, 0.3) is 0 Å². The standard InChI is InChI=1S/C18H26N6O.HI/c1-14-5-4-6-16(11-14)13-23-7-9-24(10-8-23)18(19-3)20-12-17-21-15(2)25-22-17;/h4-6,11H,7-10,12-13H2,1-3H3,(H,19,20);1H. The molecule has 0 spiro atoms. The van der Waals surface area contributed by atoms with Gasteiger partial charge in [0.05, 0.1) is 6.54 Å². The molecule has 1 aliphatic rings. The van der Waals surface area contributed by atoms with E-state index >= 15 is 0 Å². The van der Waals surface area contributed by atoms with Crippen LogP contribution >= 0.6 is 24.0 Å². The summed E-state index contributed by atoms with van der Waals surface area (Å²) in [6.45, 7) is 9.41. The Labute approximate surface area is 171 Å². The zero-order valence-corrected chi connectivity index (χ0v) is 17.9. The number of hydrogen-bond donors (Lipinski definition) is 1. The summed E-state index contributed by atoms with van der Waals surface area (Å²) in [5.41, 5.74) is 2.70. The lowest BCUT2D eigenvalue weighted by atomic mass is 10.1. The van der Waals surface area contributed by atoms with Crippen LogP contribution in [0.4, 0.5) is 0 Å². The summed E-state index contributed by atoms with van der Waals surface area (Å²) >= 11 is 0. The molecule has 1 aromatic heterocycles. The first-order chi connectivity index (χ1) is 12.1. The van der Waals surface area contributed by atoms with Crippen molar-refractivity contribution in [2.24, 2.45) is 4.99 Å². The summed E-state index contributed by atoms with van der Waals surface area (Å²) < 4.78 is 4.99. The summed E-state index contributed by atoms with van der Waals surface area (Å²) in [5.74, 6) is 2.12. The molecule has 142 valence electrons. The minimum absolute atomic E-state index is 0. The van der Waals surface area contributed by atoms with Gasteiger partial charge in [-0.05, 0) is 12.5 Å². The number of halogens is 1. The number of aromatic nitrogens is 2. The fraction of sp³-hybridized carbons (Fsp3) is 0.500. The van der Waals surface area contributed by atoms with Gasteiger partial charge in [0.25, 0.3) is 0 Å². The molecule has 2 heterocycles. The van der Waals surface area contributed by atoms with Crippen LogP contribution in [0, 0.1) is 13.8 Å². The number of nitrogens with one attached hydrogen (secondary N) is 1. The summed E-state index contributed by atoms with van der Waals surface area (Å²) in [7, 11) is 1.81. The molecule has 7 nitrogen and oxygen atoms in total. The fourth-order valence-corrected chi connectivity index (χ4v) is 3.09. The first-order valence-corrected chi connectivity index (χ1v) is 8.67. The Balaban J connectivity index is 0.00000243. The molecule has 1 N–H and O–H groups in total. The van der Waals surface area contributed by atoms with Gasteiger partial charge in [0.2, 0.25) is 5.89 Å². The van der Waals surface area contributed by atoms with Crippen molar-refractivity contribution < 1.29 is 4.52 Å². The van der Waals surface area contributed by atoms with E-state index in [9.17, 15) is 0 Å². The molecule has 0 amide bonds. The normalized spacial score (nSPS) is 15.7. The van der Waals surface area contributed by atoms with Crippen molar-refractivity contribution >= 4 is 29.9 Å². The Hall–Kier alpha value is -1.68. The van der Waals surface area contributed by atoms with Gasteiger partial charge in [-0.15, -0.1) is 24.0 Å². The molecular weight excluding hydrogens is 443 g/mol. The molecule has 1 aromatic carbocycles. The third kappa shape index (κ3) is 5.66. The molecule has 0 aliphatic carbocycles. The minimum Gasteiger partial charge on any atom is -0.349 e. The third-order valence-electron chi connectivity index (χ3n) is 4.35. The van der Waals surface area contributed by atoms with Crippen LogP contribution in [0.3, 0.4) is 0 Å². The van der Waals surface area contributed by atoms with Gasteiger partial charge in [-0.3, -0.25) is 9.89 Å². The van der Waals surface area contributed by atoms with Crippen molar-refractivity contribution in [1.29, 1.82) is 0 Å². The van der Waals surface area contributed by atoms with Crippen LogP contribution in [0.5, 0.6) is 0 Å². The van der Waals surface area contributed by atoms with Crippen LogP contribution in [0.2, 0.25) is 0 Å². The average Bonchev–Trinajstić information content (AvgIpc) is 3.02. The van der Waals surface area contributed by atoms with Crippen molar-refractivity contribution in [1.82, 2.24) is 25.3 Å². The van der Waals surface area contributed by atoms with Gasteiger partial charge in [0.15, 0.2) is 11.8 Å². The van der Waals surface area contributed by atoms with Crippen molar-refractivity contribution in [2.75, 3.05) is 33.2 Å². The van der Waals surface area contributed by atoms with Gasteiger partial charge in [-0.2, -0.15) is 4.98 Å². The van der Waals surface area contributed by atoms with Crippen LogP contribution < -0.4 is 5.32 Å². The van der Waals surface area contributed by atoms with E-state index in [1.165, 1.54) is 11.1 Å². The Bertz CT molecular complexity index is 724. The predicted octanol–water partition coefficient (Wildman–Crippen LogP) is 2.20. The van der Waals surface area contributed by atoms with E-state index in [1.807, 2.05) is 7.05 Å². The van der Waals surface area contributed by atoms with Crippen LogP contribution in [-0.4, -0.2) is 59.1 Å². The molecule has 8 heteroatoms. The van der Waals surface area contributed by atoms with E-state index in [0.29, 0.717) is 18.3 Å². The third-order valence-corrected chi connectivity index (χ3v) is 4.35. The second kappa shape index (κ2) is 9.86. The highest BCUT2D eigenvalue weighted by atomic mass is 127. The van der Waals surface area contributed by atoms with Crippen molar-refractivity contribution in [3.63, 3.8) is 0 Å². The Morgan fingerprint density at radius 3 is 2.62 bits per heavy atom. The molecule has 1 saturated heterocycles. The highest BCUT2D eigenvalue weighted by Gasteiger charge is 2.20. The lowest BCUT2D eigenvalue weighted by Crippen LogP contribution is -2.52. The number of nitrogens with zero attached hydrogens (tertiary/aromatic N) is 5. The lowest BCUT2D eigenvalue weighted by Gasteiger charge is -2.36. The summed E-state index contributed by atoms with van der Waals surface area (Å²) in [6, 6.07) is 8.74. The molecule has 1 aliphatic heterocycles. The number of aliphatic imine (C=N–C) groups is 1. The maximum Gasteiger partial charge on any atom is 0.223 e. The van der Waals surface area contributed by atoms with E-state index in [1.54, 1.807) is 6.92 Å². The van der Waals surface area contributed by atoms with Crippen LogP contribution in [-0.2, 0) is 13.1 Å². The molecule has 0 bridgehead atoms. The molecule has 1 fully saturated rings. The summed E-state index contributed by atoms with van der Waals surface area (Å²) in [5, 5.41) is 7.22. The fourth-order valence-electron chi connectivity index (χ4n) is 3.09. The minimum atomic E-state index is 0. The van der Waals surface area contributed by atoms with E-state index in [2.05, 4.69) is 61.4 Å². The Morgan fingerprint density at radius 2 is 2.00 bits per heavy atom. The smallest absolute Gasteiger partial charge is 0.223 e. The monoisotopic (exact) mass is 470 g/mol. The first-order valence-electron chi connectivity index (χ1n) is 8.67. The number of piperazine rings is 1. The molecule has 2 aromatic rings. The topological polar surface area (TPSA) is 69.8 Å². The summed E-state index contributed by atoms with van der Waals surface area (Å²) in [4.78, 5) is 13.4. The average molecular weight is 470 g/mol. The second-order valence-corrected chi connectivity index (χ2v) is 6.38. The highest BCUT2D eigenvalue weighted by Crippen LogP contribution is 2.10. The number of aryl methyl sites for hydroxylation is 2. The van der Waals surface area contributed by atoms with E-state index in [4.69, 9.17) is 4.52 Å². The molecule has 0 radical (unpaired) electrons. The predicted molar refractivity (Wildman–Crippen MR) is 113 cm³/mol. The summed E-state index contributed by atoms with van der Waals surface area (Å²) in [6.07, 6.45) is 0. The molecule has 26 heavy (non-hydrogen) atoms. The quantitative estimate of drug-likeness (QED) is 0.420. The zero-order valence-electron chi connectivity index (χ0n) is 15.6. The largest absolute Gasteiger partial charge is 0.349 e. The Kier molecular flexibility index (Phi) is 7.83. The number of benzene rings is 1. The van der Waals surface area contributed by atoms with Gasteiger partial charge in [-0.25, -0.2) is 0 Å². The molecule has 0 unspecified atom stereocenters.